The van der Waals surface area contributed by atoms with Crippen LogP contribution in [0, 0.1) is 11.3 Å². The van der Waals surface area contributed by atoms with Crippen LogP contribution in [0.5, 0.6) is 0 Å². The largest absolute Gasteiger partial charge is 0.469 e. The summed E-state index contributed by atoms with van der Waals surface area (Å²) in [6, 6.07) is 34.0. The highest BCUT2D eigenvalue weighted by molar-refractivity contribution is 6.38. The Morgan fingerprint density at radius 2 is 1.04 bits per heavy atom. The molecule has 1 N–H and O–H groups in total. The van der Waals surface area contributed by atoms with Crippen molar-refractivity contribution in [2.75, 3.05) is 28.4 Å². The molecule has 3 aliphatic carbocycles. The molecule has 7 rings (SSSR count). The first-order valence-corrected chi connectivity index (χ1v) is 16.5. The lowest BCUT2D eigenvalue weighted by atomic mass is 9.43. The number of rotatable bonds is 8. The van der Waals surface area contributed by atoms with Gasteiger partial charge < -0.3 is 24.1 Å². The zero-order chi connectivity index (χ0) is 37.1. The number of hydrogen-bond donors (Lipinski definition) is 1. The fourth-order valence-corrected chi connectivity index (χ4v) is 9.72. The van der Waals surface area contributed by atoms with Gasteiger partial charge in [0.2, 0.25) is 0 Å². The minimum Gasteiger partial charge on any atom is -0.469 e. The maximum atomic E-state index is 15.9. The van der Waals surface area contributed by atoms with E-state index >= 15 is 9.59 Å². The standard InChI is InChI=1S/C42H34O10/c1-49-35(44)29-30(25-17-9-5-10-18-25)40(28-23-15-8-16-24-28)39(27-21-13-7-14-22-27)31(26-19-11-6-12-20-26)32(36(45)50-2)42(48,33(39)37(46)51-3)41(40,34(29)43)38(47)52-4/h5-24,33,48H,1-4H3/t33-,39-,40-,41+,42-/m0/s1. The summed E-state index contributed by atoms with van der Waals surface area (Å²) < 4.78 is 21.7. The van der Waals surface area contributed by atoms with Gasteiger partial charge in [0.1, 0.15) is 17.1 Å². The highest BCUT2D eigenvalue weighted by atomic mass is 16.5. The molecule has 0 radical (unpaired) electrons. The van der Waals surface area contributed by atoms with Crippen LogP contribution in [0.1, 0.15) is 22.3 Å². The van der Waals surface area contributed by atoms with Gasteiger partial charge in [0.05, 0.1) is 44.8 Å². The van der Waals surface area contributed by atoms with Gasteiger partial charge in [0.25, 0.3) is 0 Å². The van der Waals surface area contributed by atoms with Crippen LogP contribution in [0.3, 0.4) is 0 Å². The fraction of sp³-hybridized carbons (Fsp3) is 0.214. The van der Waals surface area contributed by atoms with Gasteiger partial charge in [0.15, 0.2) is 11.2 Å². The quantitative estimate of drug-likeness (QED) is 0.122. The third kappa shape index (κ3) is 3.74. The van der Waals surface area contributed by atoms with Crippen molar-refractivity contribution in [3.63, 3.8) is 0 Å². The average molecular weight is 699 g/mol. The number of carbonyl (C=O) groups is 5. The Kier molecular flexibility index (Phi) is 8.10. The first-order valence-electron chi connectivity index (χ1n) is 16.5. The van der Waals surface area contributed by atoms with E-state index in [1.54, 1.807) is 121 Å². The van der Waals surface area contributed by atoms with E-state index in [9.17, 15) is 19.5 Å². The lowest BCUT2D eigenvalue weighted by Gasteiger charge is -2.55. The number of ketones is 1. The molecule has 0 aliphatic heterocycles. The Hall–Kier alpha value is -6.13. The number of esters is 4. The van der Waals surface area contributed by atoms with Gasteiger partial charge in [-0.2, -0.15) is 0 Å². The van der Waals surface area contributed by atoms with Gasteiger partial charge >= 0.3 is 23.9 Å². The van der Waals surface area contributed by atoms with Gasteiger partial charge in [-0.15, -0.1) is 0 Å². The molecule has 10 heteroatoms. The molecule has 52 heavy (non-hydrogen) atoms. The molecule has 1 saturated carbocycles. The molecular weight excluding hydrogens is 664 g/mol. The molecule has 4 aromatic rings. The van der Waals surface area contributed by atoms with E-state index in [0.717, 1.165) is 28.4 Å². The van der Waals surface area contributed by atoms with Crippen molar-refractivity contribution >= 4 is 40.8 Å². The summed E-state index contributed by atoms with van der Waals surface area (Å²) in [5, 5.41) is 14.0. The van der Waals surface area contributed by atoms with E-state index in [-0.39, 0.29) is 16.7 Å². The molecule has 3 aliphatic rings. The summed E-state index contributed by atoms with van der Waals surface area (Å²) in [4.78, 5) is 74.6. The summed E-state index contributed by atoms with van der Waals surface area (Å²) in [6.45, 7) is 0. The highest BCUT2D eigenvalue weighted by Crippen LogP contribution is 2.86. The summed E-state index contributed by atoms with van der Waals surface area (Å²) in [5.41, 5.74) is -10.1. The second kappa shape index (κ2) is 12.3. The zero-order valence-corrected chi connectivity index (χ0v) is 28.7. The van der Waals surface area contributed by atoms with E-state index in [1.807, 2.05) is 0 Å². The number of allylic oxidation sites excluding steroid dienone is 2. The topological polar surface area (TPSA) is 143 Å². The SMILES string of the molecule is COC(=O)C1=C(c2ccccc2)[C@]2(c3ccccc3)[C@](C(=O)OC)(C1=O)[C@]1(O)C(C(=O)OC)=C(c3ccccc3)[C@@]2(c2ccccc2)[C@@H]1C(=O)OC. The third-order valence-corrected chi connectivity index (χ3v) is 11.1. The summed E-state index contributed by atoms with van der Waals surface area (Å²) in [6.07, 6.45) is 0. The van der Waals surface area contributed by atoms with Crippen molar-refractivity contribution in [1.82, 2.24) is 0 Å². The highest BCUT2D eigenvalue weighted by Gasteiger charge is 2.98. The molecule has 4 aromatic carbocycles. The monoisotopic (exact) mass is 698 g/mol. The molecule has 0 amide bonds. The Labute approximate surface area is 299 Å². The van der Waals surface area contributed by atoms with Gasteiger partial charge in [0, 0.05) is 0 Å². The maximum absolute atomic E-state index is 15.9. The van der Waals surface area contributed by atoms with Crippen LogP contribution in [0.4, 0.5) is 0 Å². The second-order valence-electron chi connectivity index (χ2n) is 12.8. The number of hydrogen-bond acceptors (Lipinski definition) is 10. The maximum Gasteiger partial charge on any atom is 0.341 e. The third-order valence-electron chi connectivity index (χ3n) is 11.1. The number of fused-ring (bicyclic) bond motifs is 5. The molecule has 0 spiro atoms. The Bertz CT molecular complexity index is 2190. The van der Waals surface area contributed by atoms with Crippen molar-refractivity contribution in [3.05, 3.63) is 155 Å². The lowest BCUT2D eigenvalue weighted by molar-refractivity contribution is -0.178. The molecule has 0 saturated heterocycles. The molecule has 1 fully saturated rings. The van der Waals surface area contributed by atoms with E-state index in [0.29, 0.717) is 16.7 Å². The molecule has 2 bridgehead atoms. The molecule has 5 atom stereocenters. The Balaban J connectivity index is 1.93. The fourth-order valence-electron chi connectivity index (χ4n) is 9.72. The molecule has 10 nitrogen and oxygen atoms in total. The van der Waals surface area contributed by atoms with Crippen LogP contribution in [0.2, 0.25) is 0 Å². The first kappa shape index (κ1) is 34.3. The summed E-state index contributed by atoms with van der Waals surface area (Å²) in [7, 11) is 4.35. The molecule has 0 aromatic heterocycles. The minimum absolute atomic E-state index is 0.00687. The Morgan fingerprint density at radius 1 is 0.577 bits per heavy atom. The molecular formula is C42H34O10. The van der Waals surface area contributed by atoms with E-state index < -0.39 is 68.6 Å². The van der Waals surface area contributed by atoms with Crippen LogP contribution < -0.4 is 0 Å². The van der Waals surface area contributed by atoms with Crippen molar-refractivity contribution in [3.8, 4) is 0 Å². The van der Waals surface area contributed by atoms with Gasteiger partial charge in [-0.3, -0.25) is 14.4 Å². The lowest BCUT2D eigenvalue weighted by Crippen LogP contribution is -2.67. The Morgan fingerprint density at radius 3 is 1.50 bits per heavy atom. The normalized spacial score (nSPS) is 27.2. The summed E-state index contributed by atoms with van der Waals surface area (Å²) in [5.74, 6) is -7.63. The first-order chi connectivity index (χ1) is 25.1. The summed E-state index contributed by atoms with van der Waals surface area (Å²) >= 11 is 0. The van der Waals surface area contributed by atoms with Crippen molar-refractivity contribution < 1.29 is 48.0 Å². The van der Waals surface area contributed by atoms with Crippen molar-refractivity contribution in [1.29, 1.82) is 0 Å². The number of aliphatic hydroxyl groups is 1. The van der Waals surface area contributed by atoms with Gasteiger partial charge in [-0.05, 0) is 33.4 Å². The van der Waals surface area contributed by atoms with E-state index in [2.05, 4.69) is 0 Å². The smallest absolute Gasteiger partial charge is 0.341 e. The van der Waals surface area contributed by atoms with Gasteiger partial charge in [-0.1, -0.05) is 121 Å². The number of benzene rings is 4. The number of methoxy groups -OCH3 is 4. The van der Waals surface area contributed by atoms with Crippen molar-refractivity contribution in [2.45, 2.75) is 16.4 Å². The van der Waals surface area contributed by atoms with E-state index in [4.69, 9.17) is 18.9 Å². The van der Waals surface area contributed by atoms with Crippen LogP contribution >= 0.6 is 0 Å². The number of ether oxygens (including phenoxy) is 4. The number of carbonyl (C=O) groups excluding carboxylic acids is 5. The predicted octanol–water partition coefficient (Wildman–Crippen LogP) is 4.41. The van der Waals surface area contributed by atoms with Crippen LogP contribution in [0.15, 0.2) is 132 Å². The molecule has 0 unspecified atom stereocenters. The van der Waals surface area contributed by atoms with Crippen LogP contribution in [-0.4, -0.2) is 68.8 Å². The van der Waals surface area contributed by atoms with Gasteiger partial charge in [-0.25, -0.2) is 9.59 Å². The average Bonchev–Trinajstić information content (AvgIpc) is 3.69. The predicted molar refractivity (Wildman–Crippen MR) is 187 cm³/mol. The van der Waals surface area contributed by atoms with E-state index in [1.165, 1.54) is 0 Å². The minimum atomic E-state index is -3.08. The second-order valence-corrected chi connectivity index (χ2v) is 12.8. The zero-order valence-electron chi connectivity index (χ0n) is 28.7. The molecule has 262 valence electrons. The van der Waals surface area contributed by atoms with Crippen LogP contribution in [0.25, 0.3) is 11.1 Å². The molecule has 0 heterocycles. The number of Topliss-reactive ketones (excluding diaryl/α,β-unsaturated/α-hetero) is 1. The van der Waals surface area contributed by atoms with Crippen LogP contribution in [-0.2, 0) is 53.8 Å². The van der Waals surface area contributed by atoms with Crippen molar-refractivity contribution in [2.24, 2.45) is 11.3 Å².